The van der Waals surface area contributed by atoms with Gasteiger partial charge < -0.3 is 15.0 Å². The smallest absolute Gasteiger partial charge is 0.342 e. The van der Waals surface area contributed by atoms with Crippen LogP contribution in [0.15, 0.2) is 12.1 Å². The number of tetrazole rings is 1. The van der Waals surface area contributed by atoms with Crippen LogP contribution in [0, 0.1) is 17.2 Å². The summed E-state index contributed by atoms with van der Waals surface area (Å²) in [5.41, 5.74) is 0.287. The number of benzene rings is 1. The number of rotatable bonds is 4. The molecule has 2 N–H and O–H groups in total. The third-order valence-corrected chi connectivity index (χ3v) is 6.96. The minimum Gasteiger partial charge on any atom is -0.459 e. The summed E-state index contributed by atoms with van der Waals surface area (Å²) < 4.78 is 20.8. The number of nitrogens with one attached hydrogen (secondary N) is 2. The van der Waals surface area contributed by atoms with Crippen LogP contribution in [-0.4, -0.2) is 56.7 Å². The van der Waals surface area contributed by atoms with Crippen molar-refractivity contribution in [2.24, 2.45) is 11.3 Å². The van der Waals surface area contributed by atoms with Gasteiger partial charge in [0.25, 0.3) is 0 Å². The minimum atomic E-state index is -0.801. The molecule has 0 atom stereocenters. The Balaban J connectivity index is 1.52. The Morgan fingerprint density at radius 1 is 1.12 bits per heavy atom. The van der Waals surface area contributed by atoms with Crippen LogP contribution in [0.2, 0.25) is 0 Å². The van der Waals surface area contributed by atoms with E-state index in [2.05, 4.69) is 46.7 Å². The third-order valence-electron chi connectivity index (χ3n) is 6.96. The van der Waals surface area contributed by atoms with E-state index in [0.29, 0.717) is 19.0 Å². The number of aromatic amines is 1. The second-order valence-corrected chi connectivity index (χ2v) is 10.3. The van der Waals surface area contributed by atoms with E-state index in [-0.39, 0.29) is 40.2 Å². The molecule has 2 amide bonds. The van der Waals surface area contributed by atoms with Gasteiger partial charge in [-0.2, -0.15) is 5.21 Å². The number of esters is 1. The maximum atomic E-state index is 15.2. The topological polar surface area (TPSA) is 113 Å². The van der Waals surface area contributed by atoms with E-state index in [1.165, 1.54) is 6.07 Å². The van der Waals surface area contributed by atoms with E-state index < -0.39 is 11.8 Å². The number of H-pyrrole nitrogens is 1. The van der Waals surface area contributed by atoms with Gasteiger partial charge in [-0.05, 0) is 67.2 Å². The van der Waals surface area contributed by atoms with Gasteiger partial charge in [-0.25, -0.2) is 14.0 Å². The molecule has 1 aliphatic heterocycles. The fourth-order valence-corrected chi connectivity index (χ4v) is 4.88. The molecule has 2 fully saturated rings. The number of amides is 2. The largest absolute Gasteiger partial charge is 0.459 e. The number of likely N-dealkylation sites (tertiary alicyclic amines) is 1. The summed E-state index contributed by atoms with van der Waals surface area (Å²) in [7, 11) is 0. The van der Waals surface area contributed by atoms with Crippen LogP contribution in [0.4, 0.5) is 14.9 Å². The highest BCUT2D eigenvalue weighted by Gasteiger charge is 2.31. The first-order chi connectivity index (χ1) is 16.2. The summed E-state index contributed by atoms with van der Waals surface area (Å²) in [6.45, 7) is 7.93. The van der Waals surface area contributed by atoms with Crippen LogP contribution < -0.4 is 5.32 Å². The number of hydrogen-bond donors (Lipinski definition) is 2. The van der Waals surface area contributed by atoms with E-state index in [1.807, 2.05) is 0 Å². The third kappa shape index (κ3) is 5.53. The Bertz CT molecular complexity index is 1010. The first-order valence-electron chi connectivity index (χ1n) is 12.1. The minimum absolute atomic E-state index is 0.0524. The van der Waals surface area contributed by atoms with Crippen molar-refractivity contribution in [3.63, 3.8) is 0 Å². The fourth-order valence-electron chi connectivity index (χ4n) is 4.88. The number of halogens is 1. The zero-order valence-electron chi connectivity index (χ0n) is 20.1. The van der Waals surface area contributed by atoms with Gasteiger partial charge >= 0.3 is 12.0 Å². The molecular weight excluding hydrogens is 439 g/mol. The van der Waals surface area contributed by atoms with Crippen LogP contribution in [0.3, 0.4) is 0 Å². The van der Waals surface area contributed by atoms with E-state index in [0.717, 1.165) is 51.0 Å². The molecule has 34 heavy (non-hydrogen) atoms. The predicted molar refractivity (Wildman–Crippen MR) is 125 cm³/mol. The van der Waals surface area contributed by atoms with Crippen LogP contribution in [-0.2, 0) is 4.74 Å². The summed E-state index contributed by atoms with van der Waals surface area (Å²) >= 11 is 0. The zero-order chi connectivity index (χ0) is 24.3. The molecule has 4 rings (SSSR count). The number of aromatic nitrogens is 4. The van der Waals surface area contributed by atoms with Gasteiger partial charge in [0.05, 0.1) is 0 Å². The lowest BCUT2D eigenvalue weighted by Crippen LogP contribution is -2.43. The van der Waals surface area contributed by atoms with Gasteiger partial charge in [0.1, 0.15) is 17.5 Å². The van der Waals surface area contributed by atoms with Crippen molar-refractivity contribution < 1.29 is 18.7 Å². The molecule has 10 heteroatoms. The number of nitrogens with zero attached hydrogens (tertiary/aromatic N) is 4. The van der Waals surface area contributed by atoms with Crippen molar-refractivity contribution in [3.05, 3.63) is 23.5 Å². The van der Waals surface area contributed by atoms with Gasteiger partial charge in [-0.15, -0.1) is 10.2 Å². The standard InChI is InChI=1S/C24H33FN6O3/c1-24(2,3)15-9-11-31(12-10-15)23(33)26-16-13-18(21-27-29-30-28-21)20(19(25)14-16)22(32)34-17-7-5-4-6-8-17/h13-15,17H,4-12H2,1-3H3,(H,26,33)(H,27,28,29,30). The highest BCUT2D eigenvalue weighted by atomic mass is 19.1. The Kier molecular flexibility index (Phi) is 7.13. The normalized spacial score (nSPS) is 18.1. The number of piperidine rings is 1. The molecule has 1 saturated heterocycles. The number of carbonyl (C=O) groups excluding carboxylic acids is 2. The molecule has 0 bridgehead atoms. The number of urea groups is 1. The van der Waals surface area contributed by atoms with Crippen LogP contribution in [0.5, 0.6) is 0 Å². The molecule has 1 aromatic carbocycles. The average Bonchev–Trinajstić information content (AvgIpc) is 3.34. The molecule has 1 aromatic heterocycles. The quantitative estimate of drug-likeness (QED) is 0.619. The lowest BCUT2D eigenvalue weighted by Gasteiger charge is -2.38. The molecule has 2 aromatic rings. The molecule has 0 spiro atoms. The summed E-state index contributed by atoms with van der Waals surface area (Å²) in [6, 6.07) is 2.33. The summed E-state index contributed by atoms with van der Waals surface area (Å²) in [5.74, 6) is -0.957. The maximum Gasteiger partial charge on any atom is 0.342 e. The Morgan fingerprint density at radius 3 is 2.44 bits per heavy atom. The van der Waals surface area contributed by atoms with Crippen molar-refractivity contribution in [1.29, 1.82) is 0 Å². The molecule has 0 unspecified atom stereocenters. The summed E-state index contributed by atoms with van der Waals surface area (Å²) in [6.07, 6.45) is 6.23. The van der Waals surface area contributed by atoms with Crippen LogP contribution in [0.25, 0.3) is 11.4 Å². The van der Waals surface area contributed by atoms with Gasteiger partial charge in [0.15, 0.2) is 0 Å². The number of ether oxygens (including phenoxy) is 1. The van der Waals surface area contributed by atoms with Crippen molar-refractivity contribution in [1.82, 2.24) is 25.5 Å². The highest BCUT2D eigenvalue weighted by Crippen LogP contribution is 2.35. The Hall–Kier alpha value is -3.04. The number of anilines is 1. The summed E-state index contributed by atoms with van der Waals surface area (Å²) in [5, 5.41) is 16.4. The lowest BCUT2D eigenvalue weighted by molar-refractivity contribution is 0.0207. The molecule has 1 saturated carbocycles. The van der Waals surface area contributed by atoms with Crippen LogP contribution in [0.1, 0.15) is 76.1 Å². The second kappa shape index (κ2) is 10.1. The first kappa shape index (κ1) is 24.1. The predicted octanol–water partition coefficient (Wildman–Crippen LogP) is 4.79. The monoisotopic (exact) mass is 472 g/mol. The van der Waals surface area contributed by atoms with Crippen molar-refractivity contribution in [2.75, 3.05) is 18.4 Å². The average molecular weight is 473 g/mol. The molecule has 9 nitrogen and oxygen atoms in total. The Morgan fingerprint density at radius 2 is 1.82 bits per heavy atom. The van der Waals surface area contributed by atoms with Gasteiger partial charge in [-0.1, -0.05) is 27.2 Å². The van der Waals surface area contributed by atoms with E-state index in [1.54, 1.807) is 4.90 Å². The highest BCUT2D eigenvalue weighted by molar-refractivity contribution is 5.99. The van der Waals surface area contributed by atoms with E-state index in [4.69, 9.17) is 4.74 Å². The van der Waals surface area contributed by atoms with Gasteiger partial charge in [0, 0.05) is 24.3 Å². The maximum absolute atomic E-state index is 15.2. The fraction of sp³-hybridized carbons (Fsp3) is 0.625. The molecule has 1 aliphatic carbocycles. The van der Waals surface area contributed by atoms with Crippen LogP contribution >= 0.6 is 0 Å². The molecule has 2 heterocycles. The molecule has 0 radical (unpaired) electrons. The van der Waals surface area contributed by atoms with Crippen molar-refractivity contribution >= 4 is 17.7 Å². The van der Waals surface area contributed by atoms with Crippen molar-refractivity contribution in [2.45, 2.75) is 71.8 Å². The van der Waals surface area contributed by atoms with E-state index in [9.17, 15) is 9.59 Å². The first-order valence-corrected chi connectivity index (χ1v) is 12.1. The summed E-state index contributed by atoms with van der Waals surface area (Å²) in [4.78, 5) is 27.5. The molecule has 2 aliphatic rings. The number of carbonyl (C=O) groups is 2. The van der Waals surface area contributed by atoms with Gasteiger partial charge in [-0.3, -0.25) is 0 Å². The van der Waals surface area contributed by atoms with Gasteiger partial charge in [0.2, 0.25) is 5.82 Å². The van der Waals surface area contributed by atoms with E-state index >= 15 is 4.39 Å². The lowest BCUT2D eigenvalue weighted by atomic mass is 9.75. The SMILES string of the molecule is CC(C)(C)C1CCN(C(=O)Nc2cc(F)c(C(=O)OC3CCCCC3)c(-c3nn[nH]n3)c2)CC1. The molecule has 184 valence electrons. The second-order valence-electron chi connectivity index (χ2n) is 10.3. The van der Waals surface area contributed by atoms with Crippen molar-refractivity contribution in [3.8, 4) is 11.4 Å². The zero-order valence-corrected chi connectivity index (χ0v) is 20.1. The molecular formula is C24H33FN6O3. The Labute approximate surface area is 198 Å². The number of hydrogen-bond acceptors (Lipinski definition) is 6.